The molecule has 3 aromatic rings. The minimum atomic E-state index is -0.930. The number of aliphatic imine (C=N–C) groups is 1. The van der Waals surface area contributed by atoms with Crippen LogP contribution in [0.1, 0.15) is 42.9 Å². The standard InChI is InChI=1S/C32H30N2O6/c1-21-28(31(35)39-3)30(25-16-10-17-26(20-25)34(37)38)29(22(2)33-21)32(36)40-19-11-18-27(23-12-6-4-7-13-23)24-14-8-5-9-15-24/h4-10,12-18,20,28,30H,11,19H2,1-3H3. The molecule has 0 spiro atoms. The number of benzene rings is 3. The van der Waals surface area contributed by atoms with Crippen molar-refractivity contribution >= 4 is 28.9 Å². The molecule has 0 saturated carbocycles. The van der Waals surface area contributed by atoms with E-state index in [1.165, 1.54) is 25.3 Å². The molecule has 0 aromatic heterocycles. The molecule has 1 aliphatic heterocycles. The number of methoxy groups -OCH3 is 1. The van der Waals surface area contributed by atoms with Crippen LogP contribution in [-0.2, 0) is 19.1 Å². The molecular weight excluding hydrogens is 508 g/mol. The van der Waals surface area contributed by atoms with Crippen molar-refractivity contribution in [1.29, 1.82) is 0 Å². The van der Waals surface area contributed by atoms with Gasteiger partial charge in [0.05, 0.1) is 24.2 Å². The van der Waals surface area contributed by atoms with Crippen LogP contribution in [0.4, 0.5) is 5.69 Å². The Morgan fingerprint density at radius 3 is 2.15 bits per heavy atom. The van der Waals surface area contributed by atoms with Crippen molar-refractivity contribution in [1.82, 2.24) is 0 Å². The summed E-state index contributed by atoms with van der Waals surface area (Å²) in [7, 11) is 1.26. The van der Waals surface area contributed by atoms with Crippen molar-refractivity contribution in [3.05, 3.63) is 129 Å². The maximum atomic E-state index is 13.5. The van der Waals surface area contributed by atoms with Crippen LogP contribution in [0, 0.1) is 16.0 Å². The summed E-state index contributed by atoms with van der Waals surface area (Å²) >= 11 is 0. The Bertz CT molecular complexity index is 1450. The van der Waals surface area contributed by atoms with Crippen LogP contribution in [0.2, 0.25) is 0 Å². The Morgan fingerprint density at radius 2 is 1.57 bits per heavy atom. The van der Waals surface area contributed by atoms with E-state index in [4.69, 9.17) is 9.47 Å². The van der Waals surface area contributed by atoms with Gasteiger partial charge in [-0.05, 0) is 36.1 Å². The maximum Gasteiger partial charge on any atom is 0.336 e. The molecule has 8 nitrogen and oxygen atoms in total. The molecule has 1 heterocycles. The molecule has 2 atom stereocenters. The summed E-state index contributed by atoms with van der Waals surface area (Å²) in [4.78, 5) is 41.7. The van der Waals surface area contributed by atoms with Crippen molar-refractivity contribution in [2.24, 2.45) is 10.9 Å². The summed E-state index contributed by atoms with van der Waals surface area (Å²) in [6.45, 7) is 3.43. The Morgan fingerprint density at radius 1 is 0.950 bits per heavy atom. The second-order valence-corrected chi connectivity index (χ2v) is 9.36. The number of hydrogen-bond donors (Lipinski definition) is 0. The molecule has 0 saturated heterocycles. The largest absolute Gasteiger partial charge is 0.468 e. The molecule has 0 fully saturated rings. The first-order chi connectivity index (χ1) is 19.3. The number of carbonyl (C=O) groups excluding carboxylic acids is 2. The van der Waals surface area contributed by atoms with E-state index in [1.807, 2.05) is 66.7 Å². The minimum absolute atomic E-state index is 0.0893. The summed E-state index contributed by atoms with van der Waals surface area (Å²) in [6.07, 6.45) is 2.47. The van der Waals surface area contributed by atoms with Gasteiger partial charge >= 0.3 is 11.9 Å². The molecule has 40 heavy (non-hydrogen) atoms. The van der Waals surface area contributed by atoms with E-state index in [-0.39, 0.29) is 17.9 Å². The maximum absolute atomic E-state index is 13.5. The van der Waals surface area contributed by atoms with E-state index < -0.39 is 28.7 Å². The second-order valence-electron chi connectivity index (χ2n) is 9.36. The lowest BCUT2D eigenvalue weighted by molar-refractivity contribution is -0.384. The molecule has 0 aliphatic carbocycles. The Labute approximate surface area is 232 Å². The topological polar surface area (TPSA) is 108 Å². The smallest absolute Gasteiger partial charge is 0.336 e. The molecule has 1 aliphatic rings. The molecule has 0 bridgehead atoms. The highest BCUT2D eigenvalue weighted by molar-refractivity contribution is 6.07. The Hall–Kier alpha value is -4.85. The van der Waals surface area contributed by atoms with Gasteiger partial charge in [0, 0.05) is 35.9 Å². The molecule has 0 radical (unpaired) electrons. The van der Waals surface area contributed by atoms with Gasteiger partial charge in [-0.15, -0.1) is 0 Å². The molecule has 0 N–H and O–H groups in total. The van der Waals surface area contributed by atoms with Gasteiger partial charge in [-0.25, -0.2) is 4.79 Å². The van der Waals surface area contributed by atoms with Crippen LogP contribution in [0.15, 0.2) is 107 Å². The van der Waals surface area contributed by atoms with Gasteiger partial charge in [0.2, 0.25) is 0 Å². The average Bonchev–Trinajstić information content (AvgIpc) is 2.97. The number of hydrogen-bond acceptors (Lipinski definition) is 7. The van der Waals surface area contributed by atoms with Crippen LogP contribution >= 0.6 is 0 Å². The fourth-order valence-corrected chi connectivity index (χ4v) is 5.00. The SMILES string of the molecule is COC(=O)C1C(C)=NC(C)=C(C(=O)OCCC=C(c2ccccc2)c2ccccc2)C1c1cccc([N+](=O)[O-])c1. The fraction of sp³-hybridized carbons (Fsp3) is 0.219. The predicted molar refractivity (Wildman–Crippen MR) is 153 cm³/mol. The Balaban J connectivity index is 1.61. The summed E-state index contributed by atoms with van der Waals surface area (Å²) in [5.74, 6) is -3.00. The summed E-state index contributed by atoms with van der Waals surface area (Å²) in [6, 6.07) is 25.8. The minimum Gasteiger partial charge on any atom is -0.468 e. The van der Waals surface area contributed by atoms with E-state index in [2.05, 4.69) is 4.99 Å². The van der Waals surface area contributed by atoms with Gasteiger partial charge < -0.3 is 9.47 Å². The summed E-state index contributed by atoms with van der Waals surface area (Å²) in [5.41, 5.74) is 4.42. The number of nitro benzene ring substituents is 1. The highest BCUT2D eigenvalue weighted by Crippen LogP contribution is 2.41. The van der Waals surface area contributed by atoms with E-state index in [9.17, 15) is 19.7 Å². The molecule has 0 amide bonds. The third-order valence-electron chi connectivity index (χ3n) is 6.81. The Kier molecular flexibility index (Phi) is 9.01. The van der Waals surface area contributed by atoms with Crippen molar-refractivity contribution in [3.63, 3.8) is 0 Å². The number of carbonyl (C=O) groups is 2. The van der Waals surface area contributed by atoms with Crippen LogP contribution in [0.3, 0.4) is 0 Å². The van der Waals surface area contributed by atoms with E-state index in [1.54, 1.807) is 19.9 Å². The monoisotopic (exact) mass is 538 g/mol. The van der Waals surface area contributed by atoms with Gasteiger partial charge in [-0.2, -0.15) is 0 Å². The number of rotatable bonds is 9. The normalized spacial score (nSPS) is 16.5. The fourth-order valence-electron chi connectivity index (χ4n) is 5.00. The molecule has 8 heteroatoms. The van der Waals surface area contributed by atoms with Crippen molar-refractivity contribution in [2.75, 3.05) is 13.7 Å². The zero-order valence-corrected chi connectivity index (χ0v) is 22.6. The van der Waals surface area contributed by atoms with Gasteiger partial charge in [-0.1, -0.05) is 78.9 Å². The predicted octanol–water partition coefficient (Wildman–Crippen LogP) is 6.28. The van der Waals surface area contributed by atoms with Gasteiger partial charge in [0.1, 0.15) is 5.92 Å². The lowest BCUT2D eigenvalue weighted by Gasteiger charge is -2.31. The molecule has 3 aromatic carbocycles. The molecule has 4 rings (SSSR count). The van der Waals surface area contributed by atoms with Crippen LogP contribution in [0.5, 0.6) is 0 Å². The number of nitrogens with zero attached hydrogens (tertiary/aromatic N) is 2. The van der Waals surface area contributed by atoms with Gasteiger partial charge in [0.15, 0.2) is 0 Å². The number of esters is 2. The number of allylic oxidation sites excluding steroid dienone is 1. The second kappa shape index (κ2) is 12.8. The van der Waals surface area contributed by atoms with Crippen LogP contribution < -0.4 is 0 Å². The number of ether oxygens (including phenoxy) is 2. The molecule has 204 valence electrons. The van der Waals surface area contributed by atoms with Crippen molar-refractivity contribution < 1.29 is 24.0 Å². The van der Waals surface area contributed by atoms with Crippen molar-refractivity contribution in [3.8, 4) is 0 Å². The first-order valence-corrected chi connectivity index (χ1v) is 12.9. The average molecular weight is 539 g/mol. The van der Waals surface area contributed by atoms with Gasteiger partial charge in [0.25, 0.3) is 5.69 Å². The third-order valence-corrected chi connectivity index (χ3v) is 6.81. The highest BCUT2D eigenvalue weighted by atomic mass is 16.6. The third kappa shape index (κ3) is 6.23. The zero-order valence-electron chi connectivity index (χ0n) is 22.6. The quantitative estimate of drug-likeness (QED) is 0.137. The van der Waals surface area contributed by atoms with Crippen LogP contribution in [-0.4, -0.2) is 36.3 Å². The van der Waals surface area contributed by atoms with E-state index in [0.717, 1.165) is 16.7 Å². The first-order valence-electron chi connectivity index (χ1n) is 12.9. The number of non-ortho nitro benzene ring substituents is 1. The number of nitro groups is 1. The van der Waals surface area contributed by atoms with Crippen molar-refractivity contribution in [2.45, 2.75) is 26.2 Å². The molecular formula is C32H30N2O6. The van der Waals surface area contributed by atoms with Crippen LogP contribution in [0.25, 0.3) is 5.57 Å². The lowest BCUT2D eigenvalue weighted by atomic mass is 9.75. The summed E-state index contributed by atoms with van der Waals surface area (Å²) in [5, 5.41) is 11.5. The highest BCUT2D eigenvalue weighted by Gasteiger charge is 2.42. The van der Waals surface area contributed by atoms with E-state index in [0.29, 0.717) is 23.4 Å². The molecule has 2 unspecified atom stereocenters. The lowest BCUT2D eigenvalue weighted by Crippen LogP contribution is -2.36. The van der Waals surface area contributed by atoms with E-state index >= 15 is 0 Å². The van der Waals surface area contributed by atoms with Gasteiger partial charge in [-0.3, -0.25) is 19.9 Å². The first kappa shape index (κ1) is 28.2. The summed E-state index contributed by atoms with van der Waals surface area (Å²) < 4.78 is 10.7. The zero-order chi connectivity index (χ0) is 28.6.